The second-order valence-electron chi connectivity index (χ2n) is 4.28. The number of likely N-dealkylation sites (N-methyl/N-ethyl adjacent to an activating group) is 1. The van der Waals surface area contributed by atoms with Gasteiger partial charge in [0.15, 0.2) is 0 Å². The minimum absolute atomic E-state index is 0.0630. The van der Waals surface area contributed by atoms with Crippen LogP contribution in [0.1, 0.15) is 12.8 Å². The summed E-state index contributed by atoms with van der Waals surface area (Å²) >= 11 is 0. The normalized spacial score (nSPS) is 19.2. The number of rotatable bonds is 4. The Kier molecular flexibility index (Phi) is 3.53. The fourth-order valence-corrected chi connectivity index (χ4v) is 2.15. The Labute approximate surface area is 99.8 Å². The van der Waals surface area contributed by atoms with Gasteiger partial charge in [0.25, 0.3) is 0 Å². The molecule has 1 atom stereocenters. The first kappa shape index (κ1) is 11.8. The fourth-order valence-electron chi connectivity index (χ4n) is 2.15. The molecule has 1 fully saturated rings. The zero-order valence-corrected chi connectivity index (χ0v) is 9.80. The number of hydrogen-bond acceptors (Lipinski definition) is 5. The maximum Gasteiger partial charge on any atom is 0.311 e. The predicted octanol–water partition coefficient (Wildman–Crippen LogP) is 1.18. The molecule has 1 aliphatic rings. The number of pyridine rings is 1. The number of nitro groups is 1. The van der Waals surface area contributed by atoms with Crippen LogP contribution in [-0.4, -0.2) is 36.1 Å². The molecular weight excluding hydrogens is 220 g/mol. The number of nitrogens with one attached hydrogen (secondary N) is 1. The summed E-state index contributed by atoms with van der Waals surface area (Å²) in [6, 6.07) is 3.48. The monoisotopic (exact) mass is 236 g/mol. The smallest absolute Gasteiger partial charge is 0.311 e. The fraction of sp³-hybridized carbons (Fsp3) is 0.545. The molecule has 1 N–H and O–H groups in total. The predicted molar refractivity (Wildman–Crippen MR) is 65.2 cm³/mol. The molecule has 0 radical (unpaired) electrons. The van der Waals surface area contributed by atoms with Crippen molar-refractivity contribution >= 4 is 11.5 Å². The SMILES string of the molecule is CN(C[C@H]1CCCN1)c1ncccc1[N+](=O)[O-]. The highest BCUT2D eigenvalue weighted by atomic mass is 16.6. The number of nitrogens with zero attached hydrogens (tertiary/aromatic N) is 3. The topological polar surface area (TPSA) is 71.3 Å². The lowest BCUT2D eigenvalue weighted by atomic mass is 10.2. The van der Waals surface area contributed by atoms with Gasteiger partial charge in [-0.25, -0.2) is 4.98 Å². The van der Waals surface area contributed by atoms with E-state index in [1.54, 1.807) is 12.3 Å². The summed E-state index contributed by atoms with van der Waals surface area (Å²) in [6.45, 7) is 1.78. The van der Waals surface area contributed by atoms with Gasteiger partial charge < -0.3 is 10.2 Å². The molecule has 2 rings (SSSR count). The quantitative estimate of drug-likeness (QED) is 0.627. The van der Waals surface area contributed by atoms with Crippen LogP contribution in [0.15, 0.2) is 18.3 Å². The maximum absolute atomic E-state index is 10.9. The third kappa shape index (κ3) is 2.71. The molecular formula is C11H16N4O2. The highest BCUT2D eigenvalue weighted by Crippen LogP contribution is 2.24. The van der Waals surface area contributed by atoms with E-state index in [4.69, 9.17) is 0 Å². The van der Waals surface area contributed by atoms with E-state index in [0.29, 0.717) is 11.9 Å². The molecule has 0 amide bonds. The highest BCUT2D eigenvalue weighted by molar-refractivity contribution is 5.56. The minimum Gasteiger partial charge on any atom is -0.352 e. The Bertz CT molecular complexity index is 404. The molecule has 0 bridgehead atoms. The van der Waals surface area contributed by atoms with E-state index in [2.05, 4.69) is 10.3 Å². The van der Waals surface area contributed by atoms with Crippen LogP contribution in [0.2, 0.25) is 0 Å². The lowest BCUT2D eigenvalue weighted by molar-refractivity contribution is -0.384. The van der Waals surface area contributed by atoms with E-state index in [9.17, 15) is 10.1 Å². The van der Waals surface area contributed by atoms with Gasteiger partial charge in [-0.1, -0.05) is 0 Å². The van der Waals surface area contributed by atoms with Gasteiger partial charge >= 0.3 is 5.69 Å². The van der Waals surface area contributed by atoms with Crippen LogP contribution in [-0.2, 0) is 0 Å². The Morgan fingerprint density at radius 2 is 2.53 bits per heavy atom. The van der Waals surface area contributed by atoms with Gasteiger partial charge in [0, 0.05) is 31.9 Å². The van der Waals surface area contributed by atoms with Gasteiger partial charge in [-0.3, -0.25) is 10.1 Å². The molecule has 6 nitrogen and oxygen atoms in total. The molecule has 2 heterocycles. The molecule has 1 aliphatic heterocycles. The van der Waals surface area contributed by atoms with E-state index in [0.717, 1.165) is 19.5 Å². The van der Waals surface area contributed by atoms with Crippen molar-refractivity contribution in [3.63, 3.8) is 0 Å². The molecule has 0 aromatic carbocycles. The van der Waals surface area contributed by atoms with Crippen LogP contribution in [0.4, 0.5) is 11.5 Å². The third-order valence-electron chi connectivity index (χ3n) is 2.98. The van der Waals surface area contributed by atoms with Gasteiger partial charge in [-0.2, -0.15) is 0 Å². The maximum atomic E-state index is 10.9. The van der Waals surface area contributed by atoms with E-state index in [1.807, 2.05) is 11.9 Å². The van der Waals surface area contributed by atoms with Gasteiger partial charge in [0.1, 0.15) is 0 Å². The summed E-state index contributed by atoms with van der Waals surface area (Å²) < 4.78 is 0. The lowest BCUT2D eigenvalue weighted by Gasteiger charge is -2.21. The Hall–Kier alpha value is -1.69. The third-order valence-corrected chi connectivity index (χ3v) is 2.98. The zero-order chi connectivity index (χ0) is 12.3. The average Bonchev–Trinajstić information content (AvgIpc) is 2.81. The summed E-state index contributed by atoms with van der Waals surface area (Å²) in [5.41, 5.74) is 0.0630. The molecule has 0 aliphatic carbocycles. The number of hydrogen-bond donors (Lipinski definition) is 1. The van der Waals surface area contributed by atoms with Crippen LogP contribution in [0.25, 0.3) is 0 Å². The summed E-state index contributed by atoms with van der Waals surface area (Å²) in [6.07, 6.45) is 3.87. The van der Waals surface area contributed by atoms with Crippen molar-refractivity contribution in [1.29, 1.82) is 0 Å². The van der Waals surface area contributed by atoms with E-state index < -0.39 is 0 Å². The molecule has 0 saturated carbocycles. The van der Waals surface area contributed by atoms with E-state index in [-0.39, 0.29) is 10.6 Å². The molecule has 17 heavy (non-hydrogen) atoms. The standard InChI is InChI=1S/C11H16N4O2/c1-14(8-9-4-2-6-12-9)11-10(15(16)17)5-3-7-13-11/h3,5,7,9,12H,2,4,6,8H2,1H3/t9-/m1/s1. The molecule has 1 aromatic rings. The highest BCUT2D eigenvalue weighted by Gasteiger charge is 2.22. The Balaban J connectivity index is 2.12. The average molecular weight is 236 g/mol. The van der Waals surface area contributed by atoms with Crippen LogP contribution >= 0.6 is 0 Å². The van der Waals surface area contributed by atoms with E-state index >= 15 is 0 Å². The van der Waals surface area contributed by atoms with Crippen molar-refractivity contribution in [3.8, 4) is 0 Å². The van der Waals surface area contributed by atoms with Crippen LogP contribution in [0.5, 0.6) is 0 Å². The van der Waals surface area contributed by atoms with Gasteiger partial charge in [0.05, 0.1) is 4.92 Å². The van der Waals surface area contributed by atoms with Crippen LogP contribution in [0.3, 0.4) is 0 Å². The lowest BCUT2D eigenvalue weighted by Crippen LogP contribution is -2.35. The van der Waals surface area contributed by atoms with Gasteiger partial charge in [0.2, 0.25) is 5.82 Å². The first-order valence-electron chi connectivity index (χ1n) is 5.72. The number of anilines is 1. The molecule has 0 unspecified atom stereocenters. The van der Waals surface area contributed by atoms with Crippen molar-refractivity contribution in [1.82, 2.24) is 10.3 Å². The molecule has 0 spiro atoms. The Morgan fingerprint density at radius 3 is 3.18 bits per heavy atom. The molecule has 6 heteroatoms. The van der Waals surface area contributed by atoms with Crippen LogP contribution < -0.4 is 10.2 Å². The summed E-state index contributed by atoms with van der Waals surface area (Å²) in [5.74, 6) is 0.436. The van der Waals surface area contributed by atoms with Crippen molar-refractivity contribution in [2.75, 3.05) is 25.0 Å². The number of aromatic nitrogens is 1. The Morgan fingerprint density at radius 1 is 1.71 bits per heavy atom. The van der Waals surface area contributed by atoms with Crippen LogP contribution in [0, 0.1) is 10.1 Å². The zero-order valence-electron chi connectivity index (χ0n) is 9.80. The first-order valence-corrected chi connectivity index (χ1v) is 5.72. The van der Waals surface area contributed by atoms with Crippen molar-refractivity contribution in [3.05, 3.63) is 28.4 Å². The second kappa shape index (κ2) is 5.09. The largest absolute Gasteiger partial charge is 0.352 e. The molecule has 1 aromatic heterocycles. The molecule has 92 valence electrons. The van der Waals surface area contributed by atoms with Crippen molar-refractivity contribution < 1.29 is 4.92 Å². The van der Waals surface area contributed by atoms with Crippen molar-refractivity contribution in [2.24, 2.45) is 0 Å². The summed E-state index contributed by atoms with van der Waals surface area (Å²) in [7, 11) is 1.84. The summed E-state index contributed by atoms with van der Waals surface area (Å²) in [4.78, 5) is 16.4. The first-order chi connectivity index (χ1) is 8.18. The van der Waals surface area contributed by atoms with Gasteiger partial charge in [-0.15, -0.1) is 0 Å². The second-order valence-corrected chi connectivity index (χ2v) is 4.28. The summed E-state index contributed by atoms with van der Waals surface area (Å²) in [5, 5.41) is 14.3. The van der Waals surface area contributed by atoms with E-state index in [1.165, 1.54) is 12.5 Å². The van der Waals surface area contributed by atoms with Crippen molar-refractivity contribution in [2.45, 2.75) is 18.9 Å². The minimum atomic E-state index is -0.388. The van der Waals surface area contributed by atoms with Gasteiger partial charge in [-0.05, 0) is 25.5 Å². The molecule has 1 saturated heterocycles.